The molecule has 0 aliphatic rings. The molecule has 0 bridgehead atoms. The van der Waals surface area contributed by atoms with Gasteiger partial charge in [-0.25, -0.2) is 4.79 Å². The molecular formula is C9H13ClN2O2S. The Morgan fingerprint density at radius 2 is 2.27 bits per heavy atom. The largest absolute Gasteiger partial charge is 0.328 e. The Balaban J connectivity index is 3.00. The highest BCUT2D eigenvalue weighted by atomic mass is 35.5. The maximum atomic E-state index is 11.4. The molecule has 0 amide bonds. The van der Waals surface area contributed by atoms with E-state index in [-0.39, 0.29) is 5.02 Å². The maximum absolute atomic E-state index is 11.4. The normalized spacial score (nSPS) is 12.7. The molecule has 0 saturated heterocycles. The Morgan fingerprint density at radius 3 is 2.80 bits per heavy atom. The fraction of sp³-hybridized carbons (Fsp3) is 0.556. The van der Waals surface area contributed by atoms with E-state index in [0.29, 0.717) is 18.2 Å². The van der Waals surface area contributed by atoms with Gasteiger partial charge < -0.3 is 0 Å². The third-order valence-corrected chi connectivity index (χ3v) is 3.04. The molecule has 1 aromatic rings. The molecule has 0 aliphatic carbocycles. The molecule has 0 saturated carbocycles. The third-order valence-electron chi connectivity index (χ3n) is 2.26. The van der Waals surface area contributed by atoms with E-state index in [1.165, 1.54) is 10.8 Å². The molecule has 1 unspecified atom stereocenters. The zero-order chi connectivity index (χ0) is 11.4. The summed E-state index contributed by atoms with van der Waals surface area (Å²) in [6.45, 7) is 2.55. The molecule has 0 aromatic carbocycles. The van der Waals surface area contributed by atoms with E-state index < -0.39 is 11.2 Å². The molecule has 1 aromatic heterocycles. The number of nitrogens with zero attached hydrogens (tertiary/aromatic N) is 1. The highest BCUT2D eigenvalue weighted by molar-refractivity contribution is 7.80. The Kier molecular flexibility index (Phi) is 4.47. The molecular weight excluding hydrogens is 236 g/mol. The first-order chi connectivity index (χ1) is 7.08. The maximum Gasteiger partial charge on any atom is 0.328 e. The highest BCUT2D eigenvalue weighted by Gasteiger charge is 2.08. The van der Waals surface area contributed by atoms with E-state index in [4.69, 9.17) is 11.6 Å². The molecule has 0 radical (unpaired) electrons. The van der Waals surface area contributed by atoms with Crippen LogP contribution in [0.15, 0.2) is 15.8 Å². The summed E-state index contributed by atoms with van der Waals surface area (Å²) in [5.41, 5.74) is -0.971. The van der Waals surface area contributed by atoms with Crippen molar-refractivity contribution in [2.45, 2.75) is 19.9 Å². The topological polar surface area (TPSA) is 54.9 Å². The number of rotatable bonds is 4. The monoisotopic (exact) mass is 248 g/mol. The summed E-state index contributed by atoms with van der Waals surface area (Å²) in [6.07, 6.45) is 2.29. The van der Waals surface area contributed by atoms with Crippen LogP contribution in [-0.4, -0.2) is 15.3 Å². The second-order valence-electron chi connectivity index (χ2n) is 3.35. The average Bonchev–Trinajstić information content (AvgIpc) is 2.21. The molecule has 0 fully saturated rings. The highest BCUT2D eigenvalue weighted by Crippen LogP contribution is 2.07. The van der Waals surface area contributed by atoms with Crippen LogP contribution < -0.4 is 11.2 Å². The molecule has 1 N–H and O–H groups in total. The predicted octanol–water partition coefficient (Wildman–Crippen LogP) is 1.15. The Bertz CT molecular complexity index is 436. The van der Waals surface area contributed by atoms with Gasteiger partial charge in [-0.3, -0.25) is 14.3 Å². The van der Waals surface area contributed by atoms with Crippen LogP contribution in [0, 0.1) is 5.92 Å². The Labute approximate surface area is 97.7 Å². The van der Waals surface area contributed by atoms with E-state index in [0.717, 1.165) is 6.42 Å². The molecule has 0 spiro atoms. The van der Waals surface area contributed by atoms with Gasteiger partial charge in [0.05, 0.1) is 0 Å². The summed E-state index contributed by atoms with van der Waals surface area (Å²) < 4.78 is 1.41. The zero-order valence-electron chi connectivity index (χ0n) is 8.36. The number of H-pyrrole nitrogens is 1. The lowest BCUT2D eigenvalue weighted by atomic mass is 10.1. The van der Waals surface area contributed by atoms with Crippen molar-refractivity contribution < 1.29 is 0 Å². The van der Waals surface area contributed by atoms with Crippen LogP contribution in [0.1, 0.15) is 13.3 Å². The Hall–Kier alpha value is -0.680. The minimum atomic E-state index is -0.545. The number of hydrogen-bond donors (Lipinski definition) is 2. The van der Waals surface area contributed by atoms with Crippen LogP contribution in [-0.2, 0) is 6.54 Å². The van der Waals surface area contributed by atoms with Crippen LogP contribution in [0.25, 0.3) is 0 Å². The van der Waals surface area contributed by atoms with Gasteiger partial charge in [0.15, 0.2) is 0 Å². The van der Waals surface area contributed by atoms with Gasteiger partial charge in [-0.2, -0.15) is 12.6 Å². The van der Waals surface area contributed by atoms with Crippen LogP contribution in [0.5, 0.6) is 0 Å². The quantitative estimate of drug-likeness (QED) is 0.786. The molecule has 0 aliphatic heterocycles. The minimum Gasteiger partial charge on any atom is -0.299 e. The van der Waals surface area contributed by atoms with E-state index in [1.807, 2.05) is 6.92 Å². The van der Waals surface area contributed by atoms with Crippen molar-refractivity contribution in [2.24, 2.45) is 5.92 Å². The second kappa shape index (κ2) is 5.42. The van der Waals surface area contributed by atoms with Crippen molar-refractivity contribution >= 4 is 24.2 Å². The lowest BCUT2D eigenvalue weighted by Crippen LogP contribution is -2.31. The average molecular weight is 249 g/mol. The standard InChI is InChI=1S/C9H13ClN2O2S/c1-2-6(5-15)3-12-4-7(10)8(13)11-9(12)14/h4,6,15H,2-3,5H2,1H3,(H,11,13,14). The lowest BCUT2D eigenvalue weighted by molar-refractivity contribution is 0.461. The number of halogens is 1. The van der Waals surface area contributed by atoms with Crippen molar-refractivity contribution in [2.75, 3.05) is 5.75 Å². The molecule has 15 heavy (non-hydrogen) atoms. The van der Waals surface area contributed by atoms with Crippen molar-refractivity contribution in [3.63, 3.8) is 0 Å². The molecule has 84 valence electrons. The van der Waals surface area contributed by atoms with Crippen molar-refractivity contribution in [1.82, 2.24) is 9.55 Å². The van der Waals surface area contributed by atoms with Gasteiger partial charge in [0.1, 0.15) is 5.02 Å². The smallest absolute Gasteiger partial charge is 0.299 e. The van der Waals surface area contributed by atoms with Gasteiger partial charge in [0.25, 0.3) is 5.56 Å². The number of hydrogen-bond acceptors (Lipinski definition) is 3. The summed E-state index contributed by atoms with van der Waals surface area (Å²) in [5.74, 6) is 0.993. The molecule has 4 nitrogen and oxygen atoms in total. The Morgan fingerprint density at radius 1 is 1.60 bits per heavy atom. The van der Waals surface area contributed by atoms with Crippen LogP contribution in [0.3, 0.4) is 0 Å². The number of nitrogens with one attached hydrogen (secondary N) is 1. The molecule has 6 heteroatoms. The fourth-order valence-electron chi connectivity index (χ4n) is 1.21. The number of thiol groups is 1. The van der Waals surface area contributed by atoms with Gasteiger partial charge in [-0.05, 0) is 11.7 Å². The zero-order valence-corrected chi connectivity index (χ0v) is 10.0. The lowest BCUT2D eigenvalue weighted by Gasteiger charge is -2.13. The van der Waals surface area contributed by atoms with Gasteiger partial charge in [0.2, 0.25) is 0 Å². The van der Waals surface area contributed by atoms with Crippen molar-refractivity contribution in [1.29, 1.82) is 0 Å². The van der Waals surface area contributed by atoms with Crippen LogP contribution >= 0.6 is 24.2 Å². The van der Waals surface area contributed by atoms with E-state index >= 15 is 0 Å². The van der Waals surface area contributed by atoms with Gasteiger partial charge >= 0.3 is 5.69 Å². The molecule has 1 atom stereocenters. The van der Waals surface area contributed by atoms with Crippen molar-refractivity contribution in [3.05, 3.63) is 32.1 Å². The summed E-state index contributed by atoms with van der Waals surface area (Å²) >= 11 is 9.82. The van der Waals surface area contributed by atoms with E-state index in [2.05, 4.69) is 17.6 Å². The molecule has 1 rings (SSSR count). The van der Waals surface area contributed by atoms with Crippen molar-refractivity contribution in [3.8, 4) is 0 Å². The summed E-state index contributed by atoms with van der Waals surface area (Å²) in [4.78, 5) is 24.5. The molecule has 1 heterocycles. The predicted molar refractivity (Wildman–Crippen MR) is 64.0 cm³/mol. The second-order valence-corrected chi connectivity index (χ2v) is 4.12. The first-order valence-corrected chi connectivity index (χ1v) is 5.69. The van der Waals surface area contributed by atoms with Gasteiger partial charge in [0, 0.05) is 12.7 Å². The fourth-order valence-corrected chi connectivity index (χ4v) is 1.75. The first-order valence-electron chi connectivity index (χ1n) is 4.68. The summed E-state index contributed by atoms with van der Waals surface area (Å²) in [5, 5.41) is 0.0311. The minimum absolute atomic E-state index is 0.0311. The van der Waals surface area contributed by atoms with Crippen LogP contribution in [0.4, 0.5) is 0 Å². The number of aromatic amines is 1. The summed E-state index contributed by atoms with van der Waals surface area (Å²) in [6, 6.07) is 0. The summed E-state index contributed by atoms with van der Waals surface area (Å²) in [7, 11) is 0. The number of aromatic nitrogens is 2. The van der Waals surface area contributed by atoms with E-state index in [9.17, 15) is 9.59 Å². The van der Waals surface area contributed by atoms with E-state index in [1.54, 1.807) is 0 Å². The first kappa shape index (κ1) is 12.4. The van der Waals surface area contributed by atoms with Gasteiger partial charge in [-0.1, -0.05) is 24.9 Å². The van der Waals surface area contributed by atoms with Gasteiger partial charge in [-0.15, -0.1) is 0 Å². The van der Waals surface area contributed by atoms with Crippen LogP contribution in [0.2, 0.25) is 5.02 Å². The SMILES string of the molecule is CCC(CS)Cn1cc(Cl)c(=O)[nH]c1=O. The third kappa shape index (κ3) is 3.14.